The number of nitrogens with two attached hydrogens (primary N) is 1. The van der Waals surface area contributed by atoms with Crippen molar-refractivity contribution in [3.63, 3.8) is 0 Å². The number of anilines is 3. The molecule has 210 valence electrons. The lowest BCUT2D eigenvalue weighted by Gasteiger charge is -2.21. The molecule has 4 rings (SSSR count). The molecule has 0 amide bonds. The highest BCUT2D eigenvalue weighted by Crippen LogP contribution is 2.30. The van der Waals surface area contributed by atoms with Crippen molar-refractivity contribution in [2.75, 3.05) is 23.5 Å². The van der Waals surface area contributed by atoms with Crippen LogP contribution >= 0.6 is 0 Å². The van der Waals surface area contributed by atoms with Crippen molar-refractivity contribution >= 4 is 39.7 Å². The molecule has 1 saturated carbocycles. The predicted octanol–water partition coefficient (Wildman–Crippen LogP) is 3.55. The van der Waals surface area contributed by atoms with Crippen LogP contribution in [0.3, 0.4) is 0 Å². The number of nitriles is 1. The summed E-state index contributed by atoms with van der Waals surface area (Å²) in [4.78, 5) is 13.5. The van der Waals surface area contributed by atoms with E-state index < -0.39 is 28.5 Å². The third-order valence-corrected chi connectivity index (χ3v) is 5.77. The fraction of sp³-hybridized carbons (Fsp3) is 0.417. The zero-order valence-corrected chi connectivity index (χ0v) is 22.2. The second-order valence-electron chi connectivity index (χ2n) is 9.60. The summed E-state index contributed by atoms with van der Waals surface area (Å²) < 4.78 is 51.2. The minimum Gasteiger partial charge on any atom is -0.491 e. The number of aromatic nitrogens is 3. The molecule has 0 radical (unpaired) electrons. The number of nitrogens with one attached hydrogen (secondary N) is 2. The van der Waals surface area contributed by atoms with Crippen LogP contribution in [0.15, 0.2) is 30.5 Å². The number of carboxylic acids is 1. The molecule has 11 nitrogen and oxygen atoms in total. The number of fused-ring (bicyclic) bond motifs is 1. The summed E-state index contributed by atoms with van der Waals surface area (Å²) in [6.45, 7) is 4.12. The van der Waals surface area contributed by atoms with Crippen molar-refractivity contribution < 1.29 is 32.0 Å². The highest BCUT2D eigenvalue weighted by atomic mass is 32.2. The maximum Gasteiger partial charge on any atom is 0.490 e. The van der Waals surface area contributed by atoms with Gasteiger partial charge < -0.3 is 26.2 Å². The Morgan fingerprint density at radius 2 is 2.00 bits per heavy atom. The standard InChI is InChI=1S/C22H27N7O2S.C2HF3O2/c1-22(2,24)13-31-18-7-6-17(8-14(18)12-32(3)30)26-19-9-20(27-16-4-5-16)29-21(28-19)15(10-23)11-25-29;3-2(4,5)1(6)7/h6-9,11,16,27H,4-5,12-13,24H2,1-3H3,(H,26,28);(H,6,7). The lowest BCUT2D eigenvalue weighted by Crippen LogP contribution is -2.38. The molecule has 1 unspecified atom stereocenters. The largest absolute Gasteiger partial charge is 0.491 e. The number of carbonyl (C=O) groups is 1. The molecule has 1 atom stereocenters. The second-order valence-corrected chi connectivity index (χ2v) is 11.0. The van der Waals surface area contributed by atoms with Gasteiger partial charge in [0.25, 0.3) is 0 Å². The van der Waals surface area contributed by atoms with E-state index in [0.717, 1.165) is 29.9 Å². The number of ether oxygens (including phenoxy) is 1. The Hall–Kier alpha value is -3.90. The van der Waals surface area contributed by atoms with E-state index in [1.54, 1.807) is 10.8 Å². The highest BCUT2D eigenvalue weighted by molar-refractivity contribution is 7.83. The molecule has 0 bridgehead atoms. The Morgan fingerprint density at radius 1 is 1.33 bits per heavy atom. The number of halogens is 3. The van der Waals surface area contributed by atoms with E-state index in [0.29, 0.717) is 41.2 Å². The number of nitrogens with zero attached hydrogens (tertiary/aromatic N) is 4. The maximum atomic E-state index is 11.9. The Balaban J connectivity index is 0.000000532. The molecule has 0 aliphatic heterocycles. The molecular formula is C24H28F3N7O4S. The molecule has 15 heteroatoms. The van der Waals surface area contributed by atoms with Crippen molar-refractivity contribution in [3.05, 3.63) is 41.6 Å². The lowest BCUT2D eigenvalue weighted by atomic mass is 10.1. The van der Waals surface area contributed by atoms with Crippen LogP contribution in [0.5, 0.6) is 5.75 Å². The molecule has 1 aromatic carbocycles. The van der Waals surface area contributed by atoms with Crippen molar-refractivity contribution in [2.45, 2.75) is 50.2 Å². The van der Waals surface area contributed by atoms with Gasteiger partial charge in [0.05, 0.1) is 11.9 Å². The third kappa shape index (κ3) is 8.82. The van der Waals surface area contributed by atoms with Gasteiger partial charge in [0.2, 0.25) is 0 Å². The van der Waals surface area contributed by atoms with Crippen LogP contribution in [0, 0.1) is 11.3 Å². The predicted molar refractivity (Wildman–Crippen MR) is 139 cm³/mol. The maximum absolute atomic E-state index is 11.9. The first kappa shape index (κ1) is 29.7. The Morgan fingerprint density at radius 3 is 2.54 bits per heavy atom. The summed E-state index contributed by atoms with van der Waals surface area (Å²) in [5, 5.41) is 27.6. The van der Waals surface area contributed by atoms with Crippen molar-refractivity contribution in [1.29, 1.82) is 5.26 Å². The minimum atomic E-state index is -5.08. The number of hydrogen-bond donors (Lipinski definition) is 4. The summed E-state index contributed by atoms with van der Waals surface area (Å²) >= 11 is 0. The number of carboxylic acid groups (broad SMARTS) is 1. The van der Waals surface area contributed by atoms with E-state index in [9.17, 15) is 22.6 Å². The highest BCUT2D eigenvalue weighted by Gasteiger charge is 2.38. The van der Waals surface area contributed by atoms with Crippen LogP contribution in [0.1, 0.15) is 37.8 Å². The van der Waals surface area contributed by atoms with Gasteiger partial charge in [0.1, 0.15) is 35.6 Å². The van der Waals surface area contributed by atoms with Crippen LogP contribution in [-0.4, -0.2) is 60.5 Å². The number of alkyl halides is 3. The van der Waals surface area contributed by atoms with Gasteiger partial charge in [-0.15, -0.1) is 0 Å². The second kappa shape index (κ2) is 11.9. The van der Waals surface area contributed by atoms with E-state index in [1.165, 1.54) is 6.20 Å². The lowest BCUT2D eigenvalue weighted by molar-refractivity contribution is -0.192. The van der Waals surface area contributed by atoms with Gasteiger partial charge in [-0.3, -0.25) is 4.21 Å². The molecule has 2 heterocycles. The Labute approximate surface area is 224 Å². The van der Waals surface area contributed by atoms with Crippen molar-refractivity contribution in [2.24, 2.45) is 5.73 Å². The first-order chi connectivity index (χ1) is 18.2. The average Bonchev–Trinajstić information content (AvgIpc) is 3.53. The fourth-order valence-corrected chi connectivity index (χ4v) is 3.85. The molecule has 0 spiro atoms. The van der Waals surface area contributed by atoms with Gasteiger partial charge in [-0.1, -0.05) is 0 Å². The zero-order chi connectivity index (χ0) is 29.0. The van der Waals surface area contributed by atoms with Crippen LogP contribution in [0.2, 0.25) is 0 Å². The topological polar surface area (TPSA) is 168 Å². The van der Waals surface area contributed by atoms with Gasteiger partial charge in [-0.2, -0.15) is 28.0 Å². The average molecular weight is 568 g/mol. The molecule has 5 N–H and O–H groups in total. The minimum absolute atomic E-state index is 0.343. The monoisotopic (exact) mass is 567 g/mol. The molecule has 2 aromatic heterocycles. The van der Waals surface area contributed by atoms with Gasteiger partial charge >= 0.3 is 12.1 Å². The quantitative estimate of drug-likeness (QED) is 0.300. The van der Waals surface area contributed by atoms with E-state index in [1.807, 2.05) is 38.1 Å². The summed E-state index contributed by atoms with van der Waals surface area (Å²) in [5.74, 6) is -0.379. The van der Waals surface area contributed by atoms with Crippen LogP contribution < -0.4 is 21.1 Å². The van der Waals surface area contributed by atoms with E-state index in [-0.39, 0.29) is 0 Å². The molecule has 1 fully saturated rings. The molecule has 1 aliphatic carbocycles. The number of rotatable bonds is 9. The Bertz CT molecular complexity index is 1410. The van der Waals surface area contributed by atoms with Crippen LogP contribution in [0.4, 0.5) is 30.5 Å². The summed E-state index contributed by atoms with van der Waals surface area (Å²) in [7, 11) is -1.04. The third-order valence-electron chi connectivity index (χ3n) is 5.06. The first-order valence-electron chi connectivity index (χ1n) is 11.6. The Kier molecular flexibility index (Phi) is 9.03. The summed E-state index contributed by atoms with van der Waals surface area (Å²) in [6.07, 6.45) is 0.310. The first-order valence-corrected chi connectivity index (χ1v) is 13.4. The summed E-state index contributed by atoms with van der Waals surface area (Å²) in [5.41, 5.74) is 8.05. The van der Waals surface area contributed by atoms with Gasteiger partial charge in [0.15, 0.2) is 5.65 Å². The number of hydrogen-bond acceptors (Lipinski definition) is 9. The van der Waals surface area contributed by atoms with Crippen LogP contribution in [0.25, 0.3) is 5.65 Å². The van der Waals surface area contributed by atoms with E-state index >= 15 is 0 Å². The molecule has 3 aromatic rings. The van der Waals surface area contributed by atoms with Crippen molar-refractivity contribution in [1.82, 2.24) is 14.6 Å². The van der Waals surface area contributed by atoms with Crippen LogP contribution in [-0.2, 0) is 21.3 Å². The number of benzene rings is 1. The van der Waals surface area contributed by atoms with Gasteiger partial charge in [-0.05, 0) is 44.9 Å². The SMILES string of the molecule is CS(=O)Cc1cc(Nc2cc(NC3CC3)n3ncc(C#N)c3n2)ccc1OCC(C)(C)N.O=C(O)C(F)(F)F. The fourth-order valence-electron chi connectivity index (χ4n) is 3.19. The normalized spacial score (nSPS) is 14.1. The zero-order valence-electron chi connectivity index (χ0n) is 21.4. The van der Waals surface area contributed by atoms with Crippen molar-refractivity contribution in [3.8, 4) is 11.8 Å². The van der Waals surface area contributed by atoms with Gasteiger partial charge in [0, 0.05) is 46.0 Å². The van der Waals surface area contributed by atoms with E-state index in [2.05, 4.69) is 26.8 Å². The van der Waals surface area contributed by atoms with Gasteiger partial charge in [-0.25, -0.2) is 9.78 Å². The smallest absolute Gasteiger partial charge is 0.490 e. The molecule has 39 heavy (non-hydrogen) atoms. The van der Waals surface area contributed by atoms with E-state index in [4.69, 9.17) is 20.4 Å². The molecule has 1 aliphatic rings. The summed E-state index contributed by atoms with van der Waals surface area (Å²) in [6, 6.07) is 10.1. The number of aliphatic carboxylic acids is 1. The molecular weight excluding hydrogens is 539 g/mol. The molecule has 0 saturated heterocycles.